The molecular weight excluding hydrogens is 476 g/mol. The first-order chi connectivity index (χ1) is 14.9. The van der Waals surface area contributed by atoms with Crippen molar-refractivity contribution in [3.05, 3.63) is 94.5 Å². The van der Waals surface area contributed by atoms with Gasteiger partial charge in [-0.3, -0.25) is 9.10 Å². The molecule has 0 aliphatic heterocycles. The molecule has 0 atom stereocenters. The van der Waals surface area contributed by atoms with E-state index in [1.165, 1.54) is 23.3 Å². The summed E-state index contributed by atoms with van der Waals surface area (Å²) in [5.74, 6) is -0.341. The molecule has 0 radical (unpaired) electrons. The van der Waals surface area contributed by atoms with Gasteiger partial charge in [0.15, 0.2) is 0 Å². The fourth-order valence-electron chi connectivity index (χ4n) is 3.10. The number of sulfonamides is 1. The van der Waals surface area contributed by atoms with Gasteiger partial charge in [0.2, 0.25) is 5.91 Å². The molecule has 3 aromatic carbocycles. The van der Waals surface area contributed by atoms with Crippen LogP contribution in [-0.2, 0) is 21.2 Å². The SMILES string of the molecule is Cc1ccc(CCCNC(=O)CN(c2ccc(Br)cc2)S(=O)(=O)c2ccccc2)cc1. The molecule has 0 heterocycles. The van der Waals surface area contributed by atoms with E-state index in [2.05, 4.69) is 45.5 Å². The van der Waals surface area contributed by atoms with Crippen LogP contribution < -0.4 is 9.62 Å². The van der Waals surface area contributed by atoms with Crippen LogP contribution in [0.2, 0.25) is 0 Å². The third kappa shape index (κ3) is 6.42. The number of hydrogen-bond acceptors (Lipinski definition) is 3. The molecule has 0 spiro atoms. The molecule has 3 rings (SSSR count). The maximum Gasteiger partial charge on any atom is 0.264 e. The van der Waals surface area contributed by atoms with E-state index in [-0.39, 0.29) is 17.3 Å². The van der Waals surface area contributed by atoms with Crippen molar-refractivity contribution in [2.24, 2.45) is 0 Å². The highest BCUT2D eigenvalue weighted by atomic mass is 79.9. The van der Waals surface area contributed by atoms with Crippen LogP contribution in [0.5, 0.6) is 0 Å². The van der Waals surface area contributed by atoms with Gasteiger partial charge in [-0.15, -0.1) is 0 Å². The first-order valence-electron chi connectivity index (χ1n) is 10.0. The molecule has 0 saturated carbocycles. The van der Waals surface area contributed by atoms with Crippen LogP contribution in [0.25, 0.3) is 0 Å². The minimum atomic E-state index is -3.88. The Kier molecular flexibility index (Phi) is 7.87. The zero-order valence-corrected chi connectivity index (χ0v) is 19.7. The highest BCUT2D eigenvalue weighted by Crippen LogP contribution is 2.25. The normalized spacial score (nSPS) is 11.2. The Morgan fingerprint density at radius 3 is 2.23 bits per heavy atom. The molecule has 31 heavy (non-hydrogen) atoms. The number of nitrogens with zero attached hydrogens (tertiary/aromatic N) is 1. The topological polar surface area (TPSA) is 66.5 Å². The number of halogens is 1. The van der Waals surface area contributed by atoms with Crippen molar-refractivity contribution >= 4 is 37.5 Å². The van der Waals surface area contributed by atoms with Gasteiger partial charge in [0.25, 0.3) is 10.0 Å². The predicted octanol–water partition coefficient (Wildman–Crippen LogP) is 4.70. The monoisotopic (exact) mass is 500 g/mol. The third-order valence-corrected chi connectivity index (χ3v) is 7.13. The molecule has 5 nitrogen and oxygen atoms in total. The fourth-order valence-corrected chi connectivity index (χ4v) is 4.81. The summed E-state index contributed by atoms with van der Waals surface area (Å²) in [6, 6.07) is 23.3. The van der Waals surface area contributed by atoms with Gasteiger partial charge >= 0.3 is 0 Å². The number of carbonyl (C=O) groups is 1. The molecular formula is C24H25BrN2O3S. The van der Waals surface area contributed by atoms with Crippen LogP contribution in [-0.4, -0.2) is 27.4 Å². The van der Waals surface area contributed by atoms with E-state index < -0.39 is 10.0 Å². The second-order valence-electron chi connectivity index (χ2n) is 7.24. The van der Waals surface area contributed by atoms with Gasteiger partial charge in [-0.1, -0.05) is 64.0 Å². The summed E-state index contributed by atoms with van der Waals surface area (Å²) >= 11 is 3.36. The Morgan fingerprint density at radius 1 is 0.935 bits per heavy atom. The molecule has 0 unspecified atom stereocenters. The summed E-state index contributed by atoms with van der Waals surface area (Å²) in [5.41, 5.74) is 2.86. The number of rotatable bonds is 9. The Morgan fingerprint density at radius 2 is 1.58 bits per heavy atom. The number of carbonyl (C=O) groups excluding carboxylic acids is 1. The smallest absolute Gasteiger partial charge is 0.264 e. The van der Waals surface area contributed by atoms with E-state index >= 15 is 0 Å². The lowest BCUT2D eigenvalue weighted by molar-refractivity contribution is -0.119. The lowest BCUT2D eigenvalue weighted by atomic mass is 10.1. The lowest BCUT2D eigenvalue weighted by Crippen LogP contribution is -2.41. The fraction of sp³-hybridized carbons (Fsp3) is 0.208. The third-order valence-electron chi connectivity index (χ3n) is 4.82. The average molecular weight is 501 g/mol. The second kappa shape index (κ2) is 10.6. The molecule has 3 aromatic rings. The molecule has 0 fully saturated rings. The molecule has 0 aliphatic carbocycles. The molecule has 0 bridgehead atoms. The van der Waals surface area contributed by atoms with Crippen molar-refractivity contribution in [2.75, 3.05) is 17.4 Å². The van der Waals surface area contributed by atoms with Gasteiger partial charge in [0.1, 0.15) is 6.54 Å². The number of aryl methyl sites for hydroxylation is 2. The number of benzene rings is 3. The number of amides is 1. The summed E-state index contributed by atoms with van der Waals surface area (Å²) in [6.45, 7) is 2.24. The van der Waals surface area contributed by atoms with Crippen molar-refractivity contribution < 1.29 is 13.2 Å². The maximum absolute atomic E-state index is 13.2. The minimum absolute atomic E-state index is 0.144. The number of nitrogens with one attached hydrogen (secondary N) is 1. The zero-order valence-electron chi connectivity index (χ0n) is 17.3. The summed E-state index contributed by atoms with van der Waals surface area (Å²) < 4.78 is 28.4. The van der Waals surface area contributed by atoms with Crippen molar-refractivity contribution in [1.29, 1.82) is 0 Å². The summed E-state index contributed by atoms with van der Waals surface area (Å²) in [4.78, 5) is 12.7. The van der Waals surface area contributed by atoms with E-state index in [4.69, 9.17) is 0 Å². The highest BCUT2D eigenvalue weighted by Gasteiger charge is 2.26. The number of anilines is 1. The van der Waals surface area contributed by atoms with Gasteiger partial charge in [-0.2, -0.15) is 0 Å². The van der Waals surface area contributed by atoms with Crippen LogP contribution in [0.4, 0.5) is 5.69 Å². The van der Waals surface area contributed by atoms with Gasteiger partial charge in [-0.05, 0) is 61.7 Å². The number of hydrogen-bond donors (Lipinski definition) is 1. The minimum Gasteiger partial charge on any atom is -0.355 e. The van der Waals surface area contributed by atoms with Crippen LogP contribution in [0.3, 0.4) is 0 Å². The molecule has 0 saturated heterocycles. The summed E-state index contributed by atoms with van der Waals surface area (Å²) in [6.07, 6.45) is 1.62. The van der Waals surface area contributed by atoms with Crippen molar-refractivity contribution in [1.82, 2.24) is 5.32 Å². The Bertz CT molecular complexity index is 1100. The molecule has 0 aromatic heterocycles. The van der Waals surface area contributed by atoms with E-state index in [1.54, 1.807) is 42.5 Å². The van der Waals surface area contributed by atoms with Crippen LogP contribution in [0, 0.1) is 6.92 Å². The van der Waals surface area contributed by atoms with Gasteiger partial charge in [0, 0.05) is 11.0 Å². The molecule has 0 aliphatic rings. The highest BCUT2D eigenvalue weighted by molar-refractivity contribution is 9.10. The first-order valence-corrected chi connectivity index (χ1v) is 12.3. The molecule has 7 heteroatoms. The largest absolute Gasteiger partial charge is 0.355 e. The Balaban J connectivity index is 1.67. The van der Waals surface area contributed by atoms with Crippen LogP contribution in [0.1, 0.15) is 17.5 Å². The van der Waals surface area contributed by atoms with Crippen LogP contribution >= 0.6 is 15.9 Å². The van der Waals surface area contributed by atoms with Crippen molar-refractivity contribution in [2.45, 2.75) is 24.7 Å². The predicted molar refractivity (Wildman–Crippen MR) is 128 cm³/mol. The van der Waals surface area contributed by atoms with E-state index in [0.717, 1.165) is 21.6 Å². The maximum atomic E-state index is 13.2. The van der Waals surface area contributed by atoms with Gasteiger partial charge in [-0.25, -0.2) is 8.42 Å². The Hall–Kier alpha value is -2.64. The first kappa shape index (κ1) is 23.0. The standard InChI is InChI=1S/C24H25BrN2O3S/c1-19-9-11-20(12-10-19)6-5-17-26-24(28)18-27(22-15-13-21(25)14-16-22)31(29,30)23-7-3-2-4-8-23/h2-4,7-16H,5-6,17-18H2,1H3,(H,26,28). The average Bonchev–Trinajstić information content (AvgIpc) is 2.77. The van der Waals surface area contributed by atoms with Gasteiger partial charge < -0.3 is 5.32 Å². The zero-order chi connectivity index (χ0) is 22.3. The van der Waals surface area contributed by atoms with E-state index in [1.807, 2.05) is 6.92 Å². The van der Waals surface area contributed by atoms with Gasteiger partial charge in [0.05, 0.1) is 10.6 Å². The molecule has 1 amide bonds. The summed E-state index contributed by atoms with van der Waals surface area (Å²) in [7, 11) is -3.88. The van der Waals surface area contributed by atoms with E-state index in [0.29, 0.717) is 12.2 Å². The lowest BCUT2D eigenvalue weighted by Gasteiger charge is -2.24. The van der Waals surface area contributed by atoms with Crippen molar-refractivity contribution in [3.63, 3.8) is 0 Å². The molecule has 1 N–H and O–H groups in total. The summed E-state index contributed by atoms with van der Waals surface area (Å²) in [5, 5.41) is 2.85. The second-order valence-corrected chi connectivity index (χ2v) is 10.0. The molecule has 162 valence electrons. The quantitative estimate of drug-likeness (QED) is 0.433. The van der Waals surface area contributed by atoms with Crippen LogP contribution in [0.15, 0.2) is 88.2 Å². The van der Waals surface area contributed by atoms with Crippen molar-refractivity contribution in [3.8, 4) is 0 Å². The van der Waals surface area contributed by atoms with E-state index in [9.17, 15) is 13.2 Å². The Labute approximate surface area is 192 Å².